The van der Waals surface area contributed by atoms with E-state index < -0.39 is 12.1 Å². The van der Waals surface area contributed by atoms with Crippen LogP contribution in [0, 0.1) is 13.8 Å². The number of ether oxygens (including phenoxy) is 2. The Bertz CT molecular complexity index is 982. The van der Waals surface area contributed by atoms with E-state index in [1.54, 1.807) is 0 Å². The Labute approximate surface area is 206 Å². The van der Waals surface area contributed by atoms with Crippen LogP contribution in [0.25, 0.3) is 0 Å². The maximum atomic E-state index is 12.5. The minimum absolute atomic E-state index is 0.0114. The molecule has 1 amide bonds. The summed E-state index contributed by atoms with van der Waals surface area (Å²) in [6.45, 7) is 9.53. The summed E-state index contributed by atoms with van der Waals surface area (Å²) in [5.41, 5.74) is 3.05. The number of nitrogens with one attached hydrogen (secondary N) is 1. The van der Waals surface area contributed by atoms with Crippen LogP contribution < -0.4 is 14.8 Å². The van der Waals surface area contributed by atoms with E-state index in [-0.39, 0.29) is 12.0 Å². The topological polar surface area (TPSA) is 112 Å². The van der Waals surface area contributed by atoms with E-state index in [9.17, 15) is 9.90 Å². The first-order valence-electron chi connectivity index (χ1n) is 11.8. The number of hydrogen-bond donors (Lipinski definition) is 3. The molecule has 1 saturated heterocycles. The summed E-state index contributed by atoms with van der Waals surface area (Å²) in [4.78, 5) is 25.9. The van der Waals surface area contributed by atoms with E-state index in [2.05, 4.69) is 15.1 Å². The highest BCUT2D eigenvalue weighted by atomic mass is 16.6. The SMILES string of the molecule is CC(=O)O.Cc1cccc(C)c1NC(=O)CN1CCN(CC(O)C2COc3ccccc3O2)CC1. The third kappa shape index (κ3) is 7.95. The summed E-state index contributed by atoms with van der Waals surface area (Å²) in [6, 6.07) is 13.5. The lowest BCUT2D eigenvalue weighted by atomic mass is 10.1. The van der Waals surface area contributed by atoms with Crippen molar-refractivity contribution in [2.75, 3.05) is 51.2 Å². The Kier molecular flexibility index (Phi) is 9.47. The zero-order chi connectivity index (χ0) is 25.4. The number of carboxylic acids is 1. The van der Waals surface area contributed by atoms with E-state index >= 15 is 0 Å². The summed E-state index contributed by atoms with van der Waals surface area (Å²) in [7, 11) is 0. The number of aliphatic carboxylic acids is 1. The molecule has 3 N–H and O–H groups in total. The van der Waals surface area contributed by atoms with Gasteiger partial charge in [0.2, 0.25) is 5.91 Å². The van der Waals surface area contributed by atoms with Gasteiger partial charge in [0.05, 0.1) is 6.54 Å². The number of nitrogens with zero attached hydrogens (tertiary/aromatic N) is 2. The van der Waals surface area contributed by atoms with Crippen LogP contribution >= 0.6 is 0 Å². The smallest absolute Gasteiger partial charge is 0.300 e. The number of benzene rings is 2. The molecule has 0 aromatic heterocycles. The van der Waals surface area contributed by atoms with Gasteiger partial charge in [0.25, 0.3) is 5.97 Å². The number of hydrogen-bond acceptors (Lipinski definition) is 7. The van der Waals surface area contributed by atoms with Crippen molar-refractivity contribution in [3.05, 3.63) is 53.6 Å². The summed E-state index contributed by atoms with van der Waals surface area (Å²) >= 11 is 0. The van der Waals surface area contributed by atoms with Crippen molar-refractivity contribution in [3.63, 3.8) is 0 Å². The van der Waals surface area contributed by atoms with E-state index in [1.807, 2.05) is 56.3 Å². The molecule has 2 heterocycles. The molecule has 2 aromatic carbocycles. The Balaban J connectivity index is 0.000000795. The number of amides is 1. The van der Waals surface area contributed by atoms with Gasteiger partial charge in [0.1, 0.15) is 12.7 Å². The van der Waals surface area contributed by atoms with Crippen molar-refractivity contribution < 1.29 is 29.3 Å². The van der Waals surface area contributed by atoms with Crippen molar-refractivity contribution in [1.82, 2.24) is 9.80 Å². The van der Waals surface area contributed by atoms with Crippen LogP contribution in [0.2, 0.25) is 0 Å². The number of anilines is 1. The van der Waals surface area contributed by atoms with Crippen LogP contribution in [-0.4, -0.2) is 90.0 Å². The Morgan fingerprint density at radius 3 is 2.20 bits per heavy atom. The molecule has 0 radical (unpaired) electrons. The van der Waals surface area contributed by atoms with Gasteiger partial charge in [-0.2, -0.15) is 0 Å². The molecular formula is C26H35N3O6. The number of aryl methyl sites for hydroxylation is 2. The summed E-state index contributed by atoms with van der Waals surface area (Å²) in [5.74, 6) is 0.577. The molecule has 9 heteroatoms. The van der Waals surface area contributed by atoms with Crippen LogP contribution in [0.15, 0.2) is 42.5 Å². The zero-order valence-electron chi connectivity index (χ0n) is 20.6. The van der Waals surface area contributed by atoms with Gasteiger partial charge in [-0.1, -0.05) is 30.3 Å². The first-order valence-corrected chi connectivity index (χ1v) is 11.8. The summed E-state index contributed by atoms with van der Waals surface area (Å²) in [5, 5.41) is 21.1. The lowest BCUT2D eigenvalue weighted by molar-refractivity contribution is -0.134. The lowest BCUT2D eigenvalue weighted by Gasteiger charge is -2.37. The van der Waals surface area contributed by atoms with E-state index in [4.69, 9.17) is 19.4 Å². The number of aliphatic hydroxyl groups is 1. The zero-order valence-corrected chi connectivity index (χ0v) is 20.6. The van der Waals surface area contributed by atoms with Crippen LogP contribution in [0.3, 0.4) is 0 Å². The molecular weight excluding hydrogens is 450 g/mol. The van der Waals surface area contributed by atoms with Crippen molar-refractivity contribution >= 4 is 17.6 Å². The van der Waals surface area contributed by atoms with Gasteiger partial charge >= 0.3 is 0 Å². The molecule has 4 rings (SSSR count). The standard InChI is InChI=1S/C24H31N3O4.C2H4O2/c1-17-6-5-7-18(2)24(17)25-23(29)15-27-12-10-26(11-13-27)14-19(28)22-16-30-20-8-3-4-9-21(20)31-22;1-2(3)4/h3-9,19,22,28H,10-16H2,1-2H3,(H,25,29);1H3,(H,3,4). The highest BCUT2D eigenvalue weighted by Gasteiger charge is 2.30. The van der Waals surface area contributed by atoms with Crippen molar-refractivity contribution in [2.45, 2.75) is 33.0 Å². The average Bonchev–Trinajstić information content (AvgIpc) is 2.82. The monoisotopic (exact) mass is 485 g/mol. The third-order valence-electron chi connectivity index (χ3n) is 5.98. The Morgan fingerprint density at radius 2 is 1.57 bits per heavy atom. The maximum absolute atomic E-state index is 12.5. The molecule has 2 atom stereocenters. The van der Waals surface area contributed by atoms with Crippen LogP contribution in [0.4, 0.5) is 5.69 Å². The summed E-state index contributed by atoms with van der Waals surface area (Å²) < 4.78 is 11.6. The normalized spacial score (nSPS) is 18.7. The number of aliphatic hydroxyl groups excluding tert-OH is 1. The van der Waals surface area contributed by atoms with Crippen molar-refractivity contribution in [3.8, 4) is 11.5 Å². The number of carbonyl (C=O) groups excluding carboxylic acids is 1. The van der Waals surface area contributed by atoms with E-state index in [0.717, 1.165) is 55.7 Å². The van der Waals surface area contributed by atoms with Crippen LogP contribution in [0.5, 0.6) is 11.5 Å². The van der Waals surface area contributed by atoms with Crippen LogP contribution in [0.1, 0.15) is 18.1 Å². The Morgan fingerprint density at radius 1 is 1.00 bits per heavy atom. The minimum Gasteiger partial charge on any atom is -0.486 e. The fraction of sp³-hybridized carbons (Fsp3) is 0.462. The first-order chi connectivity index (χ1) is 16.7. The van der Waals surface area contributed by atoms with Gasteiger partial charge in [-0.05, 0) is 37.1 Å². The van der Waals surface area contributed by atoms with E-state index in [0.29, 0.717) is 25.4 Å². The second kappa shape index (κ2) is 12.5. The molecule has 1 fully saturated rings. The fourth-order valence-corrected chi connectivity index (χ4v) is 4.13. The molecule has 0 aliphatic carbocycles. The number of β-amino-alcohol motifs (C(OH)–C–C–N with tert-alkyl or cyclic N) is 1. The lowest BCUT2D eigenvalue weighted by Crippen LogP contribution is -2.53. The highest BCUT2D eigenvalue weighted by molar-refractivity contribution is 5.93. The van der Waals surface area contributed by atoms with Crippen LogP contribution in [-0.2, 0) is 9.59 Å². The number of fused-ring (bicyclic) bond motifs is 1. The molecule has 35 heavy (non-hydrogen) atoms. The predicted molar refractivity (Wildman–Crippen MR) is 133 cm³/mol. The molecule has 9 nitrogen and oxygen atoms in total. The quantitative estimate of drug-likeness (QED) is 0.571. The fourth-order valence-electron chi connectivity index (χ4n) is 4.13. The van der Waals surface area contributed by atoms with Gasteiger partial charge in [-0.25, -0.2) is 0 Å². The number of piperazine rings is 1. The molecule has 2 aliphatic heterocycles. The Hall–Kier alpha value is -3.14. The highest BCUT2D eigenvalue weighted by Crippen LogP contribution is 2.31. The number of carboxylic acid groups (broad SMARTS) is 1. The summed E-state index contributed by atoms with van der Waals surface area (Å²) in [6.07, 6.45) is -1.01. The average molecular weight is 486 g/mol. The molecule has 0 spiro atoms. The van der Waals surface area contributed by atoms with Crippen molar-refractivity contribution in [1.29, 1.82) is 0 Å². The largest absolute Gasteiger partial charge is 0.486 e. The molecule has 2 aromatic rings. The molecule has 2 aliphatic rings. The number of rotatable bonds is 6. The number of carbonyl (C=O) groups is 2. The molecule has 190 valence electrons. The van der Waals surface area contributed by atoms with Gasteiger partial charge in [-0.3, -0.25) is 19.4 Å². The minimum atomic E-state index is -0.833. The van der Waals surface area contributed by atoms with Gasteiger partial charge in [0.15, 0.2) is 17.6 Å². The first kappa shape index (κ1) is 26.5. The van der Waals surface area contributed by atoms with Gasteiger partial charge in [-0.15, -0.1) is 0 Å². The third-order valence-corrected chi connectivity index (χ3v) is 5.98. The predicted octanol–water partition coefficient (Wildman–Crippen LogP) is 2.15. The second-order valence-corrected chi connectivity index (χ2v) is 8.89. The number of para-hydroxylation sites is 3. The van der Waals surface area contributed by atoms with Gasteiger partial charge < -0.3 is 25.0 Å². The molecule has 0 saturated carbocycles. The molecule has 2 unspecified atom stereocenters. The maximum Gasteiger partial charge on any atom is 0.300 e. The van der Waals surface area contributed by atoms with Crippen molar-refractivity contribution in [2.24, 2.45) is 0 Å². The van der Waals surface area contributed by atoms with E-state index in [1.165, 1.54) is 0 Å². The second-order valence-electron chi connectivity index (χ2n) is 8.89. The molecule has 0 bridgehead atoms. The van der Waals surface area contributed by atoms with Gasteiger partial charge in [0, 0.05) is 45.3 Å².